The van der Waals surface area contributed by atoms with Crippen LogP contribution in [0.25, 0.3) is 0 Å². The van der Waals surface area contributed by atoms with E-state index in [9.17, 15) is 20.2 Å². The van der Waals surface area contributed by atoms with Crippen molar-refractivity contribution < 1.29 is 9.85 Å². The van der Waals surface area contributed by atoms with Crippen molar-refractivity contribution in [1.82, 2.24) is 0 Å². The average molecular weight is 233 g/mol. The molecule has 1 aliphatic carbocycles. The Morgan fingerprint density at radius 2 is 1.93 bits per heavy atom. The lowest BCUT2D eigenvalue weighted by atomic mass is 9.84. The van der Waals surface area contributed by atoms with Gasteiger partial charge in [-0.05, 0) is 13.0 Å². The molecule has 2 unspecified atom stereocenters. The number of hydrogen-bond donors (Lipinski definition) is 0. The fraction of sp³-hybridized carbons (Fsp3) is 0.500. The van der Waals surface area contributed by atoms with Crippen LogP contribution in [-0.2, 0) is 0 Å². The summed E-state index contributed by atoms with van der Waals surface area (Å²) in [7, 11) is 0. The van der Waals surface area contributed by atoms with Gasteiger partial charge in [0.1, 0.15) is 0 Å². The number of nitro groups is 2. The first-order valence-corrected chi connectivity index (χ1v) is 4.57. The van der Waals surface area contributed by atoms with Gasteiger partial charge >= 0.3 is 0 Å². The highest BCUT2D eigenvalue weighted by molar-refractivity contribution is 6.23. The third-order valence-electron chi connectivity index (χ3n) is 2.65. The second kappa shape index (κ2) is 3.62. The van der Waals surface area contributed by atoms with Gasteiger partial charge in [0, 0.05) is 23.5 Å². The van der Waals surface area contributed by atoms with Crippen molar-refractivity contribution in [3.8, 4) is 0 Å². The van der Waals surface area contributed by atoms with E-state index in [4.69, 9.17) is 11.6 Å². The third kappa shape index (κ3) is 1.61. The second-order valence-corrected chi connectivity index (χ2v) is 3.90. The largest absolute Gasteiger partial charge is 0.271 e. The Hall–Kier alpha value is -1.43. The van der Waals surface area contributed by atoms with E-state index in [2.05, 4.69) is 0 Å². The zero-order valence-corrected chi connectivity index (χ0v) is 8.89. The molecule has 82 valence electrons. The minimum Gasteiger partial charge on any atom is -0.264 e. The molecule has 1 rings (SSSR count). The molecule has 0 aliphatic heterocycles. The van der Waals surface area contributed by atoms with Gasteiger partial charge in [-0.25, -0.2) is 0 Å². The van der Waals surface area contributed by atoms with Crippen molar-refractivity contribution >= 4 is 11.6 Å². The molecule has 0 bridgehead atoms. The van der Waals surface area contributed by atoms with Crippen LogP contribution in [0.4, 0.5) is 0 Å². The molecular weight excluding hydrogens is 224 g/mol. The standard InChI is InChI=1S/C8H9ClN2O4/c1-5-3-4-6(10(12)13)7(9)8(5,2)11(14)15/h3-4,7H,1-2H3. The summed E-state index contributed by atoms with van der Waals surface area (Å²) in [5, 5.41) is 20.2. The van der Waals surface area contributed by atoms with Gasteiger partial charge in [-0.2, -0.15) is 0 Å². The Kier molecular flexibility index (Phi) is 2.81. The summed E-state index contributed by atoms with van der Waals surface area (Å²) in [4.78, 5) is 20.2. The lowest BCUT2D eigenvalue weighted by Crippen LogP contribution is -2.48. The third-order valence-corrected chi connectivity index (χ3v) is 3.29. The quantitative estimate of drug-likeness (QED) is 0.412. The van der Waals surface area contributed by atoms with E-state index in [-0.39, 0.29) is 5.70 Å². The Labute approximate surface area is 90.5 Å². The van der Waals surface area contributed by atoms with E-state index in [0.717, 1.165) is 0 Å². The first-order valence-electron chi connectivity index (χ1n) is 4.13. The predicted octanol–water partition coefficient (Wildman–Crippen LogP) is 1.75. The first kappa shape index (κ1) is 11.6. The van der Waals surface area contributed by atoms with Crippen molar-refractivity contribution in [3.63, 3.8) is 0 Å². The van der Waals surface area contributed by atoms with Crippen LogP contribution in [0.2, 0.25) is 0 Å². The monoisotopic (exact) mass is 232 g/mol. The lowest BCUT2D eigenvalue weighted by Gasteiger charge is -2.26. The molecule has 0 N–H and O–H groups in total. The normalized spacial score (nSPS) is 30.5. The maximum Gasteiger partial charge on any atom is 0.271 e. The summed E-state index contributed by atoms with van der Waals surface area (Å²) in [5.41, 5.74) is -1.56. The van der Waals surface area contributed by atoms with Gasteiger partial charge in [-0.15, -0.1) is 11.6 Å². The van der Waals surface area contributed by atoms with Crippen LogP contribution in [0, 0.1) is 20.2 Å². The van der Waals surface area contributed by atoms with E-state index in [1.807, 2.05) is 0 Å². The van der Waals surface area contributed by atoms with Gasteiger partial charge < -0.3 is 0 Å². The van der Waals surface area contributed by atoms with Gasteiger partial charge in [0.15, 0.2) is 5.38 Å². The number of halogens is 1. The molecular formula is C8H9ClN2O4. The molecule has 2 atom stereocenters. The Balaban J connectivity index is 3.27. The van der Waals surface area contributed by atoms with Gasteiger partial charge in [0.25, 0.3) is 11.2 Å². The molecule has 6 nitrogen and oxygen atoms in total. The summed E-state index contributed by atoms with van der Waals surface area (Å²) in [5.74, 6) is 0. The minimum atomic E-state index is -1.61. The van der Waals surface area contributed by atoms with Crippen LogP contribution in [0.5, 0.6) is 0 Å². The maximum absolute atomic E-state index is 10.9. The van der Waals surface area contributed by atoms with Crippen LogP contribution >= 0.6 is 11.6 Å². The number of nitrogens with zero attached hydrogens (tertiary/aromatic N) is 2. The molecule has 0 saturated heterocycles. The fourth-order valence-corrected chi connectivity index (χ4v) is 1.75. The van der Waals surface area contributed by atoms with Crippen LogP contribution in [0.3, 0.4) is 0 Å². The molecule has 1 aliphatic rings. The summed E-state index contributed by atoms with van der Waals surface area (Å²) in [6, 6.07) is 0. The summed E-state index contributed by atoms with van der Waals surface area (Å²) < 4.78 is 0. The molecule has 0 fully saturated rings. The molecule has 15 heavy (non-hydrogen) atoms. The zero-order valence-electron chi connectivity index (χ0n) is 8.14. The van der Waals surface area contributed by atoms with Gasteiger partial charge in [-0.3, -0.25) is 20.2 Å². The molecule has 0 radical (unpaired) electrons. The molecule has 0 spiro atoms. The SMILES string of the molecule is CC1=CC=C([N+](=O)[O-])C(Cl)C1(C)[N+](=O)[O-]. The smallest absolute Gasteiger partial charge is 0.264 e. The van der Waals surface area contributed by atoms with Gasteiger partial charge in [-0.1, -0.05) is 0 Å². The number of allylic oxidation sites excluding steroid dienone is 2. The van der Waals surface area contributed by atoms with E-state index in [1.165, 1.54) is 26.0 Å². The molecule has 0 amide bonds. The highest BCUT2D eigenvalue weighted by atomic mass is 35.5. The summed E-state index contributed by atoms with van der Waals surface area (Å²) in [6.07, 6.45) is 2.57. The highest BCUT2D eigenvalue weighted by Gasteiger charge is 2.54. The van der Waals surface area contributed by atoms with Crippen molar-refractivity contribution in [2.75, 3.05) is 0 Å². The van der Waals surface area contributed by atoms with Gasteiger partial charge in [0.2, 0.25) is 0 Å². The maximum atomic E-state index is 10.9. The van der Waals surface area contributed by atoms with Crippen molar-refractivity contribution in [3.05, 3.63) is 43.7 Å². The first-order chi connectivity index (χ1) is 6.81. The van der Waals surface area contributed by atoms with Crippen LogP contribution in [-0.4, -0.2) is 20.8 Å². The number of hydrogen-bond acceptors (Lipinski definition) is 4. The molecule has 0 heterocycles. The van der Waals surface area contributed by atoms with E-state index in [0.29, 0.717) is 5.57 Å². The zero-order chi connectivity index (χ0) is 11.8. The molecule has 7 heteroatoms. The number of rotatable bonds is 2. The molecule has 0 aromatic heterocycles. The van der Waals surface area contributed by atoms with E-state index in [1.54, 1.807) is 0 Å². The van der Waals surface area contributed by atoms with Crippen molar-refractivity contribution in [2.24, 2.45) is 0 Å². The molecule has 0 aromatic carbocycles. The van der Waals surface area contributed by atoms with Crippen LogP contribution < -0.4 is 0 Å². The van der Waals surface area contributed by atoms with Crippen molar-refractivity contribution in [2.45, 2.75) is 24.8 Å². The molecule has 0 aromatic rings. The van der Waals surface area contributed by atoms with Crippen LogP contribution in [0.15, 0.2) is 23.4 Å². The topological polar surface area (TPSA) is 86.3 Å². The summed E-state index contributed by atoms with van der Waals surface area (Å²) in [6.45, 7) is 2.82. The molecule has 0 saturated carbocycles. The number of alkyl halides is 1. The van der Waals surface area contributed by atoms with Crippen molar-refractivity contribution in [1.29, 1.82) is 0 Å². The Bertz CT molecular complexity index is 390. The summed E-state index contributed by atoms with van der Waals surface area (Å²) >= 11 is 5.78. The van der Waals surface area contributed by atoms with Crippen LogP contribution in [0.1, 0.15) is 13.8 Å². The Morgan fingerprint density at radius 3 is 2.33 bits per heavy atom. The fourth-order valence-electron chi connectivity index (χ4n) is 1.34. The predicted molar refractivity (Wildman–Crippen MR) is 53.9 cm³/mol. The average Bonchev–Trinajstić information content (AvgIpc) is 2.13. The highest BCUT2D eigenvalue weighted by Crippen LogP contribution is 2.36. The van der Waals surface area contributed by atoms with Gasteiger partial charge in [0.05, 0.1) is 4.92 Å². The Morgan fingerprint density at radius 1 is 1.40 bits per heavy atom. The minimum absolute atomic E-state index is 0.346. The second-order valence-electron chi connectivity index (χ2n) is 3.47. The lowest BCUT2D eigenvalue weighted by molar-refractivity contribution is -0.558. The van der Waals surface area contributed by atoms with E-state index < -0.39 is 20.8 Å². The van der Waals surface area contributed by atoms with E-state index >= 15 is 0 Å².